The monoisotopic (exact) mass is 536 g/mol. The van der Waals surface area contributed by atoms with Gasteiger partial charge >= 0.3 is 8.60 Å². The molecule has 3 fully saturated rings. The van der Waals surface area contributed by atoms with Crippen LogP contribution in [-0.4, -0.2) is 49.8 Å². The lowest BCUT2D eigenvalue weighted by molar-refractivity contribution is -0.870. The van der Waals surface area contributed by atoms with Crippen molar-refractivity contribution in [3.05, 3.63) is 11.6 Å². The summed E-state index contributed by atoms with van der Waals surface area (Å²) in [5.41, 5.74) is 2.50. The Morgan fingerprint density at radius 1 is 1.03 bits per heavy atom. The van der Waals surface area contributed by atoms with E-state index in [0.29, 0.717) is 17.4 Å². The maximum Gasteiger partial charge on any atom is 0.330 e. The Balaban J connectivity index is 1.36. The van der Waals surface area contributed by atoms with Crippen LogP contribution in [0.25, 0.3) is 0 Å². The molecule has 3 saturated carbocycles. The number of hydrogen-bond acceptors (Lipinski definition) is 3. The zero-order chi connectivity index (χ0) is 27.0. The highest BCUT2D eigenvalue weighted by atomic mass is 31.2. The fraction of sp³-hybridized carbons (Fsp3) is 0.938. The van der Waals surface area contributed by atoms with E-state index in [9.17, 15) is 4.89 Å². The summed E-state index contributed by atoms with van der Waals surface area (Å²) in [6.45, 7) is 14.0. The van der Waals surface area contributed by atoms with Gasteiger partial charge in [0.25, 0.3) is 0 Å². The summed E-state index contributed by atoms with van der Waals surface area (Å²) in [5, 5.41) is 0. The third kappa shape index (κ3) is 6.67. The van der Waals surface area contributed by atoms with E-state index in [4.69, 9.17) is 9.05 Å². The fourth-order valence-electron chi connectivity index (χ4n) is 9.29. The lowest BCUT2D eigenvalue weighted by Crippen LogP contribution is -2.50. The van der Waals surface area contributed by atoms with Crippen molar-refractivity contribution in [1.82, 2.24) is 0 Å². The minimum absolute atomic E-state index is 0.104. The molecule has 0 radical (unpaired) electrons. The van der Waals surface area contributed by atoms with E-state index < -0.39 is 8.60 Å². The SMILES string of the molecule is CC(C)CCC[C@@H](C)C1CCC2C3CC=C4CC(OP(O)OCC[N+](C)(C)C)CCC4(C)C3CCC21C. The highest BCUT2D eigenvalue weighted by Gasteiger charge is 2.59. The molecule has 214 valence electrons. The Bertz CT molecular complexity index is 793. The third-order valence-electron chi connectivity index (χ3n) is 11.5. The average molecular weight is 537 g/mol. The normalized spacial score (nSPS) is 39.5. The predicted octanol–water partition coefficient (Wildman–Crippen LogP) is 8.36. The second-order valence-electron chi connectivity index (χ2n) is 15.3. The van der Waals surface area contributed by atoms with Gasteiger partial charge in [0.1, 0.15) is 13.2 Å². The summed E-state index contributed by atoms with van der Waals surface area (Å²) in [6, 6.07) is 0. The molecule has 8 unspecified atom stereocenters. The number of allylic oxidation sites excluding steroid dienone is 1. The standard InChI is InChI=1S/C32H59NO3P/c1-23(2)10-9-11-24(3)28-14-15-29-27-13-12-25-22-26(36-37(34)35-21-20-33(6,7)8)16-18-31(25,4)30(27)17-19-32(28,29)5/h12,23-24,26-30,34H,9-11,13-22H2,1-8H3/q+1/t24-,26?,27?,28?,29?,30?,31?,32?,37?/m1/s1. The molecular weight excluding hydrogens is 477 g/mol. The van der Waals surface area contributed by atoms with Crippen LogP contribution < -0.4 is 0 Å². The van der Waals surface area contributed by atoms with Crippen LogP contribution in [0.1, 0.15) is 105 Å². The molecule has 0 amide bonds. The van der Waals surface area contributed by atoms with Gasteiger partial charge < -0.3 is 18.4 Å². The van der Waals surface area contributed by atoms with Gasteiger partial charge in [-0.2, -0.15) is 0 Å². The molecule has 0 aromatic rings. The highest BCUT2D eigenvalue weighted by Crippen LogP contribution is 2.67. The van der Waals surface area contributed by atoms with Gasteiger partial charge in [0.15, 0.2) is 0 Å². The number of fused-ring (bicyclic) bond motifs is 5. The quantitative estimate of drug-likeness (QED) is 0.164. The molecule has 0 aromatic carbocycles. The Hall–Kier alpha value is 0.0100. The summed E-state index contributed by atoms with van der Waals surface area (Å²) in [6.07, 6.45) is 17.2. The molecule has 4 aliphatic rings. The van der Waals surface area contributed by atoms with Crippen molar-refractivity contribution in [1.29, 1.82) is 0 Å². The van der Waals surface area contributed by atoms with E-state index >= 15 is 0 Å². The van der Waals surface area contributed by atoms with E-state index in [1.54, 1.807) is 5.57 Å². The maximum atomic E-state index is 10.4. The van der Waals surface area contributed by atoms with Crippen LogP contribution >= 0.6 is 8.60 Å². The Kier molecular flexibility index (Phi) is 9.61. The molecule has 4 nitrogen and oxygen atoms in total. The van der Waals surface area contributed by atoms with Crippen LogP contribution in [0, 0.1) is 46.3 Å². The van der Waals surface area contributed by atoms with Crippen LogP contribution in [0.15, 0.2) is 11.6 Å². The number of nitrogens with zero attached hydrogens (tertiary/aromatic N) is 1. The van der Waals surface area contributed by atoms with Crippen molar-refractivity contribution in [2.75, 3.05) is 34.3 Å². The van der Waals surface area contributed by atoms with E-state index in [2.05, 4.69) is 61.8 Å². The van der Waals surface area contributed by atoms with E-state index in [1.165, 1.54) is 57.8 Å². The lowest BCUT2D eigenvalue weighted by atomic mass is 9.47. The minimum atomic E-state index is -1.78. The zero-order valence-electron chi connectivity index (χ0n) is 25.5. The summed E-state index contributed by atoms with van der Waals surface area (Å²) in [4.78, 5) is 10.4. The van der Waals surface area contributed by atoms with Crippen LogP contribution in [0.2, 0.25) is 0 Å². The summed E-state index contributed by atoms with van der Waals surface area (Å²) < 4.78 is 12.5. The maximum absolute atomic E-state index is 10.4. The van der Waals surface area contributed by atoms with Crippen LogP contribution in [-0.2, 0) is 9.05 Å². The van der Waals surface area contributed by atoms with Crippen molar-refractivity contribution < 1.29 is 18.4 Å². The smallest absolute Gasteiger partial charge is 0.329 e. The molecule has 0 aromatic heterocycles. The molecule has 0 bridgehead atoms. The van der Waals surface area contributed by atoms with E-state index in [-0.39, 0.29) is 6.10 Å². The first-order valence-corrected chi connectivity index (χ1v) is 16.7. The van der Waals surface area contributed by atoms with Crippen molar-refractivity contribution >= 4 is 8.60 Å². The van der Waals surface area contributed by atoms with Gasteiger partial charge in [0.05, 0.1) is 27.2 Å². The minimum Gasteiger partial charge on any atom is -0.329 e. The second-order valence-corrected chi connectivity index (χ2v) is 16.3. The summed E-state index contributed by atoms with van der Waals surface area (Å²) in [7, 11) is 4.64. The third-order valence-corrected chi connectivity index (χ3v) is 12.3. The molecule has 0 saturated heterocycles. The molecule has 0 spiro atoms. The first-order valence-electron chi connectivity index (χ1n) is 15.6. The van der Waals surface area contributed by atoms with Crippen molar-refractivity contribution in [2.24, 2.45) is 46.3 Å². The molecule has 5 heteroatoms. The van der Waals surface area contributed by atoms with Gasteiger partial charge in [-0.05, 0) is 97.7 Å². The molecule has 4 aliphatic carbocycles. The lowest BCUT2D eigenvalue weighted by Gasteiger charge is -2.58. The average Bonchev–Trinajstić information content (AvgIpc) is 3.15. The summed E-state index contributed by atoms with van der Waals surface area (Å²) >= 11 is 0. The topological polar surface area (TPSA) is 38.7 Å². The number of rotatable bonds is 11. The predicted molar refractivity (Wildman–Crippen MR) is 156 cm³/mol. The first-order chi connectivity index (χ1) is 17.3. The fourth-order valence-corrected chi connectivity index (χ4v) is 10.0. The number of likely N-dealkylation sites (N-methyl/N-ethyl adjacent to an activating group) is 1. The Labute approximate surface area is 230 Å². The van der Waals surface area contributed by atoms with E-state index in [1.807, 2.05) is 0 Å². The molecule has 37 heavy (non-hydrogen) atoms. The number of hydrogen-bond donors (Lipinski definition) is 1. The molecular formula is C32H59NO3P+. The Morgan fingerprint density at radius 3 is 2.49 bits per heavy atom. The number of quaternary nitrogens is 1. The first kappa shape index (κ1) is 30.0. The van der Waals surface area contributed by atoms with Gasteiger partial charge in [-0.25, -0.2) is 0 Å². The molecule has 0 heterocycles. The molecule has 4 rings (SSSR count). The Morgan fingerprint density at radius 2 is 1.78 bits per heavy atom. The molecule has 0 aliphatic heterocycles. The zero-order valence-corrected chi connectivity index (χ0v) is 26.4. The molecule has 1 N–H and O–H groups in total. The summed E-state index contributed by atoms with van der Waals surface area (Å²) in [5.74, 6) is 5.25. The van der Waals surface area contributed by atoms with E-state index in [0.717, 1.165) is 59.4 Å². The van der Waals surface area contributed by atoms with Gasteiger partial charge in [-0.15, -0.1) is 0 Å². The van der Waals surface area contributed by atoms with Gasteiger partial charge in [-0.1, -0.05) is 65.5 Å². The van der Waals surface area contributed by atoms with Crippen LogP contribution in [0.3, 0.4) is 0 Å². The van der Waals surface area contributed by atoms with Gasteiger partial charge in [-0.3, -0.25) is 0 Å². The van der Waals surface area contributed by atoms with Gasteiger partial charge in [0.2, 0.25) is 0 Å². The largest absolute Gasteiger partial charge is 0.330 e. The van der Waals surface area contributed by atoms with Crippen molar-refractivity contribution in [2.45, 2.75) is 111 Å². The van der Waals surface area contributed by atoms with Crippen LogP contribution in [0.4, 0.5) is 0 Å². The van der Waals surface area contributed by atoms with Gasteiger partial charge in [0, 0.05) is 0 Å². The molecule has 9 atom stereocenters. The van der Waals surface area contributed by atoms with Crippen molar-refractivity contribution in [3.8, 4) is 0 Å². The second kappa shape index (κ2) is 11.9. The highest BCUT2D eigenvalue weighted by molar-refractivity contribution is 7.40. The van der Waals surface area contributed by atoms with Crippen molar-refractivity contribution in [3.63, 3.8) is 0 Å². The van der Waals surface area contributed by atoms with Crippen LogP contribution in [0.5, 0.6) is 0 Å².